The van der Waals surface area contributed by atoms with Gasteiger partial charge in [-0.05, 0) is 29.3 Å². The Hall–Kier alpha value is -4.19. The topological polar surface area (TPSA) is 64.3 Å². The largest absolute Gasteiger partial charge is 0.454 e. The van der Waals surface area contributed by atoms with Crippen LogP contribution in [0, 0.1) is 0 Å². The molecule has 6 nitrogen and oxygen atoms in total. The molecule has 0 fully saturated rings. The molecule has 3 aromatic carbocycles. The monoisotopic (exact) mass is 436 g/mol. The lowest BCUT2D eigenvalue weighted by Crippen LogP contribution is -2.44. The minimum Gasteiger partial charge on any atom is -0.454 e. The molecule has 0 spiro atoms. The van der Waals surface area contributed by atoms with Gasteiger partial charge in [-0.1, -0.05) is 60.7 Å². The molecule has 0 amide bonds. The van der Waals surface area contributed by atoms with Crippen LogP contribution in [-0.4, -0.2) is 23.7 Å². The van der Waals surface area contributed by atoms with E-state index in [4.69, 9.17) is 14.5 Å². The minimum absolute atomic E-state index is 0.0209. The van der Waals surface area contributed by atoms with Crippen molar-refractivity contribution in [1.82, 2.24) is 4.98 Å². The Balaban J connectivity index is 1.41. The summed E-state index contributed by atoms with van der Waals surface area (Å²) in [5.74, 6) is 2.19. The molecule has 0 saturated carbocycles. The normalized spacial score (nSPS) is 15.9. The molecule has 6 heteroatoms. The summed E-state index contributed by atoms with van der Waals surface area (Å²) in [6, 6.07) is 25.6. The fraction of sp³-hybridized carbons (Fsp3) is 0.148. The maximum atomic E-state index is 13.4. The van der Waals surface area contributed by atoms with Gasteiger partial charge in [-0.3, -0.25) is 5.32 Å². The van der Waals surface area contributed by atoms with Crippen LogP contribution in [0.25, 0.3) is 11.3 Å². The van der Waals surface area contributed by atoms with E-state index in [-0.39, 0.29) is 18.7 Å². The highest BCUT2D eigenvalue weighted by molar-refractivity contribution is 5.83. The first-order valence-corrected chi connectivity index (χ1v) is 11.0. The standard InChI is InChI=1S/C27H21N3O3/c31-27-22(14-19-9-5-2-6-10-19)29-26-21(13-18-7-3-1-4-8-18)28-23(16-30(26)27)20-11-12-24-25(15-20)33-17-32-24/h1-12,15-16,22H,13-14,17H2/p+1. The smallest absolute Gasteiger partial charge is 0.359 e. The van der Waals surface area contributed by atoms with E-state index in [0.29, 0.717) is 18.6 Å². The zero-order valence-corrected chi connectivity index (χ0v) is 17.9. The second kappa shape index (κ2) is 8.06. The second-order valence-electron chi connectivity index (χ2n) is 8.25. The molecule has 6 rings (SSSR count). The molecule has 1 N–H and O–H groups in total. The highest BCUT2D eigenvalue weighted by atomic mass is 16.7. The molecule has 2 aliphatic rings. The summed E-state index contributed by atoms with van der Waals surface area (Å²) in [6.07, 6.45) is 3.06. The van der Waals surface area contributed by atoms with Crippen LogP contribution in [0.3, 0.4) is 0 Å². The molecule has 2 aliphatic heterocycles. The van der Waals surface area contributed by atoms with Gasteiger partial charge in [0.05, 0.1) is 0 Å². The summed E-state index contributed by atoms with van der Waals surface area (Å²) < 4.78 is 12.7. The minimum atomic E-state index is -0.337. The Morgan fingerprint density at radius 2 is 1.64 bits per heavy atom. The molecule has 0 aliphatic carbocycles. The SMILES string of the molecule is O=C1C(Cc2ccccc2)Nc2c(Cc3ccccc3)nc(-c3ccc4c(c3)OCO4)c[n+]21. The van der Waals surface area contributed by atoms with Crippen LogP contribution in [0.5, 0.6) is 11.5 Å². The van der Waals surface area contributed by atoms with E-state index in [1.807, 2.05) is 72.9 Å². The molecule has 33 heavy (non-hydrogen) atoms. The lowest BCUT2D eigenvalue weighted by atomic mass is 10.1. The number of ether oxygens (including phenoxy) is 2. The average molecular weight is 436 g/mol. The summed E-state index contributed by atoms with van der Waals surface area (Å²) in [6.45, 7) is 0.216. The van der Waals surface area contributed by atoms with Gasteiger partial charge in [-0.25, -0.2) is 9.78 Å². The van der Waals surface area contributed by atoms with Crippen LogP contribution in [-0.2, 0) is 12.8 Å². The summed E-state index contributed by atoms with van der Waals surface area (Å²) >= 11 is 0. The molecule has 0 saturated heterocycles. The maximum absolute atomic E-state index is 13.4. The van der Waals surface area contributed by atoms with Crippen LogP contribution in [0.15, 0.2) is 85.1 Å². The van der Waals surface area contributed by atoms with Crippen LogP contribution in [0.2, 0.25) is 0 Å². The highest BCUT2D eigenvalue weighted by Gasteiger charge is 2.41. The number of aromatic nitrogens is 2. The Bertz CT molecular complexity index is 1340. The first kappa shape index (κ1) is 19.5. The molecule has 0 radical (unpaired) electrons. The van der Waals surface area contributed by atoms with Gasteiger partial charge in [0.2, 0.25) is 6.79 Å². The van der Waals surface area contributed by atoms with Crippen molar-refractivity contribution in [3.05, 3.63) is 102 Å². The van der Waals surface area contributed by atoms with E-state index in [2.05, 4.69) is 17.4 Å². The Morgan fingerprint density at radius 3 is 2.42 bits per heavy atom. The molecule has 1 atom stereocenters. The van der Waals surface area contributed by atoms with Crippen molar-refractivity contribution in [2.45, 2.75) is 18.9 Å². The van der Waals surface area contributed by atoms with Crippen LogP contribution >= 0.6 is 0 Å². The van der Waals surface area contributed by atoms with Gasteiger partial charge in [-0.2, -0.15) is 4.57 Å². The number of carbonyl (C=O) groups excluding carboxylic acids is 1. The molecule has 1 aromatic heterocycles. The van der Waals surface area contributed by atoms with Gasteiger partial charge in [0.1, 0.15) is 17.6 Å². The van der Waals surface area contributed by atoms with E-state index in [1.165, 1.54) is 0 Å². The number of benzene rings is 3. The predicted molar refractivity (Wildman–Crippen MR) is 123 cm³/mol. The molecular formula is C27H22N3O3+. The summed E-state index contributed by atoms with van der Waals surface area (Å²) in [5, 5.41) is 3.45. The van der Waals surface area contributed by atoms with Gasteiger partial charge in [-0.15, -0.1) is 0 Å². The zero-order valence-electron chi connectivity index (χ0n) is 17.9. The van der Waals surface area contributed by atoms with Crippen molar-refractivity contribution >= 4 is 11.7 Å². The fourth-order valence-electron chi connectivity index (χ4n) is 4.37. The maximum Gasteiger partial charge on any atom is 0.359 e. The molecular weight excluding hydrogens is 414 g/mol. The van der Waals surface area contributed by atoms with E-state index < -0.39 is 0 Å². The number of nitrogens with one attached hydrogen (secondary N) is 1. The lowest BCUT2D eigenvalue weighted by molar-refractivity contribution is -0.552. The van der Waals surface area contributed by atoms with Crippen molar-refractivity contribution < 1.29 is 18.8 Å². The number of rotatable bonds is 5. The Morgan fingerprint density at radius 1 is 0.909 bits per heavy atom. The number of nitrogens with zero attached hydrogens (tertiary/aromatic N) is 2. The van der Waals surface area contributed by atoms with Crippen LogP contribution in [0.1, 0.15) is 21.6 Å². The van der Waals surface area contributed by atoms with E-state index in [0.717, 1.165) is 39.6 Å². The van der Waals surface area contributed by atoms with Gasteiger partial charge in [0.15, 0.2) is 17.5 Å². The summed E-state index contributed by atoms with van der Waals surface area (Å²) in [5.41, 5.74) is 4.68. The Kier molecular flexibility index (Phi) is 4.76. The average Bonchev–Trinajstić information content (AvgIpc) is 3.45. The molecule has 0 bridgehead atoms. The number of carbonyl (C=O) groups is 1. The second-order valence-corrected chi connectivity index (χ2v) is 8.25. The first-order chi connectivity index (χ1) is 16.2. The number of hydrogen-bond acceptors (Lipinski definition) is 5. The van der Waals surface area contributed by atoms with Crippen molar-refractivity contribution in [2.24, 2.45) is 0 Å². The van der Waals surface area contributed by atoms with Gasteiger partial charge in [0, 0.05) is 18.4 Å². The molecule has 162 valence electrons. The first-order valence-electron chi connectivity index (χ1n) is 11.0. The fourth-order valence-corrected chi connectivity index (χ4v) is 4.37. The summed E-state index contributed by atoms with van der Waals surface area (Å²) in [4.78, 5) is 18.4. The quantitative estimate of drug-likeness (QED) is 0.479. The van der Waals surface area contributed by atoms with Gasteiger partial charge >= 0.3 is 11.7 Å². The van der Waals surface area contributed by atoms with Gasteiger partial charge in [0.25, 0.3) is 0 Å². The third-order valence-corrected chi connectivity index (χ3v) is 6.03. The Labute approximate surface area is 191 Å². The van der Waals surface area contributed by atoms with Crippen molar-refractivity contribution in [3.8, 4) is 22.8 Å². The third-order valence-electron chi connectivity index (χ3n) is 6.03. The van der Waals surface area contributed by atoms with E-state index >= 15 is 0 Å². The third kappa shape index (κ3) is 3.69. The lowest BCUT2D eigenvalue weighted by Gasteiger charge is -2.08. The summed E-state index contributed by atoms with van der Waals surface area (Å²) in [7, 11) is 0. The van der Waals surface area contributed by atoms with Crippen molar-refractivity contribution in [3.63, 3.8) is 0 Å². The van der Waals surface area contributed by atoms with E-state index in [1.54, 1.807) is 4.57 Å². The predicted octanol–water partition coefficient (Wildman–Crippen LogP) is 4.03. The zero-order chi connectivity index (χ0) is 22.2. The van der Waals surface area contributed by atoms with E-state index in [9.17, 15) is 4.79 Å². The number of anilines is 1. The molecule has 1 unspecified atom stereocenters. The number of hydrogen-bond donors (Lipinski definition) is 1. The van der Waals surface area contributed by atoms with Crippen molar-refractivity contribution in [2.75, 3.05) is 12.1 Å². The van der Waals surface area contributed by atoms with Crippen molar-refractivity contribution in [1.29, 1.82) is 0 Å². The van der Waals surface area contributed by atoms with Crippen LogP contribution in [0.4, 0.5) is 5.82 Å². The molecule has 4 aromatic rings. The number of fused-ring (bicyclic) bond motifs is 2. The van der Waals surface area contributed by atoms with Gasteiger partial charge < -0.3 is 9.47 Å². The molecule has 3 heterocycles. The highest BCUT2D eigenvalue weighted by Crippen LogP contribution is 2.36. The van der Waals surface area contributed by atoms with Crippen LogP contribution < -0.4 is 19.4 Å².